The van der Waals surface area contributed by atoms with Gasteiger partial charge in [0.05, 0.1) is 13.2 Å². The van der Waals surface area contributed by atoms with E-state index >= 15 is 0 Å². The summed E-state index contributed by atoms with van der Waals surface area (Å²) in [6.07, 6.45) is -0.993. The molecule has 0 amide bonds. The molecule has 0 spiro atoms. The number of rotatable bonds is 9. The minimum atomic E-state index is -4.19. The van der Waals surface area contributed by atoms with Crippen LogP contribution in [0, 0.1) is 11.8 Å². The molecular formula is C9H17O8PS. The molecule has 19 heavy (non-hydrogen) atoms. The first-order chi connectivity index (χ1) is 8.76. The van der Waals surface area contributed by atoms with Crippen LogP contribution in [0.5, 0.6) is 0 Å². The second kappa shape index (κ2) is 8.66. The summed E-state index contributed by atoms with van der Waals surface area (Å²) in [5.41, 5.74) is 0. The van der Waals surface area contributed by atoms with Crippen LogP contribution in [0.2, 0.25) is 0 Å². The van der Waals surface area contributed by atoms with E-state index in [1.807, 2.05) is 0 Å². The molecule has 0 aromatic rings. The highest BCUT2D eigenvalue weighted by molar-refractivity contribution is 7.85. The lowest BCUT2D eigenvalue weighted by Gasteiger charge is -2.14. The second-order valence-electron chi connectivity index (χ2n) is 3.15. The summed E-state index contributed by atoms with van der Waals surface area (Å²) in [5.74, 6) is 4.29. The molecule has 0 radical (unpaired) electrons. The maximum Gasteiger partial charge on any atom is 0.474 e. The van der Waals surface area contributed by atoms with Crippen LogP contribution in [0.4, 0.5) is 0 Å². The van der Waals surface area contributed by atoms with Gasteiger partial charge in [0.15, 0.2) is 0 Å². The van der Waals surface area contributed by atoms with Crippen molar-refractivity contribution in [1.29, 1.82) is 0 Å². The molecule has 0 bridgehead atoms. The van der Waals surface area contributed by atoms with E-state index in [1.54, 1.807) is 0 Å². The van der Waals surface area contributed by atoms with E-state index in [0.29, 0.717) is 0 Å². The first kappa shape index (κ1) is 18.5. The normalized spacial score (nSPS) is 13.7. The highest BCUT2D eigenvalue weighted by atomic mass is 32.2. The van der Waals surface area contributed by atoms with Crippen molar-refractivity contribution in [2.45, 2.75) is 13.0 Å². The fourth-order valence-corrected chi connectivity index (χ4v) is 2.22. The van der Waals surface area contributed by atoms with Crippen molar-refractivity contribution in [2.24, 2.45) is 0 Å². The summed E-state index contributed by atoms with van der Waals surface area (Å²) in [5, 5.41) is 0. The van der Waals surface area contributed by atoms with Gasteiger partial charge < -0.3 is 4.74 Å². The number of ether oxygens (including phenoxy) is 1. The van der Waals surface area contributed by atoms with Crippen LogP contribution in [0.15, 0.2) is 0 Å². The zero-order valence-electron chi connectivity index (χ0n) is 10.9. The smallest absolute Gasteiger partial charge is 0.362 e. The molecule has 0 rings (SSSR count). The van der Waals surface area contributed by atoms with E-state index in [1.165, 1.54) is 6.92 Å². The standard InChI is InChI=1S/C9H17O8PS/c1-4-5-9(8-19(11,12)13)16-6-7-17-18(10,14-2)15-3/h9H,6-8H2,1-3H3,(H,11,12,13). The number of phosphoric acid groups is 1. The van der Waals surface area contributed by atoms with Crippen molar-refractivity contribution in [3.8, 4) is 11.8 Å². The van der Waals surface area contributed by atoms with Gasteiger partial charge in [0, 0.05) is 14.2 Å². The summed E-state index contributed by atoms with van der Waals surface area (Å²) < 4.78 is 60.4. The fourth-order valence-electron chi connectivity index (χ4n) is 1.00. The minimum Gasteiger partial charge on any atom is -0.362 e. The molecule has 10 heteroatoms. The Morgan fingerprint density at radius 3 is 2.26 bits per heavy atom. The van der Waals surface area contributed by atoms with Gasteiger partial charge in [-0.1, -0.05) is 5.92 Å². The van der Waals surface area contributed by atoms with Crippen LogP contribution in [0.1, 0.15) is 6.92 Å². The molecule has 0 heterocycles. The Hall–Kier alpha value is -0.460. The quantitative estimate of drug-likeness (QED) is 0.286. The van der Waals surface area contributed by atoms with Gasteiger partial charge in [-0.3, -0.25) is 18.1 Å². The predicted molar refractivity (Wildman–Crippen MR) is 67.2 cm³/mol. The summed E-state index contributed by atoms with van der Waals surface area (Å²) in [6, 6.07) is 0. The Morgan fingerprint density at radius 1 is 1.26 bits per heavy atom. The minimum absolute atomic E-state index is 0.0917. The van der Waals surface area contributed by atoms with E-state index in [-0.39, 0.29) is 13.2 Å². The van der Waals surface area contributed by atoms with Gasteiger partial charge in [0.1, 0.15) is 11.9 Å². The second-order valence-corrected chi connectivity index (χ2v) is 6.53. The Balaban J connectivity index is 4.21. The molecule has 8 nitrogen and oxygen atoms in total. The monoisotopic (exact) mass is 316 g/mol. The number of hydrogen-bond acceptors (Lipinski definition) is 7. The molecule has 1 N–H and O–H groups in total. The van der Waals surface area contributed by atoms with Crippen LogP contribution in [-0.4, -0.2) is 52.3 Å². The first-order valence-corrected chi connectivity index (χ1v) is 8.18. The van der Waals surface area contributed by atoms with Gasteiger partial charge in [0.25, 0.3) is 10.1 Å². The highest BCUT2D eigenvalue weighted by Crippen LogP contribution is 2.47. The maximum atomic E-state index is 11.5. The topological polar surface area (TPSA) is 108 Å². The molecule has 0 aliphatic heterocycles. The largest absolute Gasteiger partial charge is 0.474 e. The molecule has 0 saturated carbocycles. The number of hydrogen-bond donors (Lipinski definition) is 1. The Kier molecular flexibility index (Phi) is 8.45. The van der Waals surface area contributed by atoms with E-state index < -0.39 is 29.8 Å². The van der Waals surface area contributed by atoms with Crippen molar-refractivity contribution in [2.75, 3.05) is 33.2 Å². The zero-order valence-corrected chi connectivity index (χ0v) is 12.6. The average molecular weight is 316 g/mol. The van der Waals surface area contributed by atoms with E-state index in [0.717, 1.165) is 14.2 Å². The highest BCUT2D eigenvalue weighted by Gasteiger charge is 2.22. The van der Waals surface area contributed by atoms with Gasteiger partial charge >= 0.3 is 7.82 Å². The predicted octanol–water partition coefficient (Wildman–Crippen LogP) is 0.700. The molecule has 0 aliphatic rings. The zero-order chi connectivity index (χ0) is 14.9. The fraction of sp³-hybridized carbons (Fsp3) is 0.778. The van der Waals surface area contributed by atoms with Crippen LogP contribution >= 0.6 is 7.82 Å². The first-order valence-electron chi connectivity index (χ1n) is 5.11. The maximum absolute atomic E-state index is 11.5. The van der Waals surface area contributed by atoms with Crippen LogP contribution in [0.3, 0.4) is 0 Å². The van der Waals surface area contributed by atoms with E-state index in [4.69, 9.17) is 13.8 Å². The summed E-state index contributed by atoms with van der Waals surface area (Å²) >= 11 is 0. The van der Waals surface area contributed by atoms with Crippen LogP contribution < -0.4 is 0 Å². The van der Waals surface area contributed by atoms with E-state index in [2.05, 4.69) is 20.9 Å². The van der Waals surface area contributed by atoms with Gasteiger partial charge in [-0.15, -0.1) is 5.92 Å². The Morgan fingerprint density at radius 2 is 1.84 bits per heavy atom. The lowest BCUT2D eigenvalue weighted by molar-refractivity contribution is 0.0591. The molecule has 112 valence electrons. The van der Waals surface area contributed by atoms with Crippen molar-refractivity contribution < 1.29 is 35.8 Å². The molecule has 1 atom stereocenters. The van der Waals surface area contributed by atoms with Crippen LogP contribution in [-0.2, 0) is 33.0 Å². The van der Waals surface area contributed by atoms with Crippen molar-refractivity contribution in [1.82, 2.24) is 0 Å². The Labute approximate surface area is 112 Å². The Bertz CT molecular complexity index is 454. The van der Waals surface area contributed by atoms with Gasteiger partial charge in [0.2, 0.25) is 0 Å². The molecule has 1 unspecified atom stereocenters. The lowest BCUT2D eigenvalue weighted by atomic mass is 10.4. The third kappa shape index (κ3) is 9.13. The molecule has 0 aromatic carbocycles. The van der Waals surface area contributed by atoms with Gasteiger partial charge in [-0.2, -0.15) is 8.42 Å². The lowest BCUT2D eigenvalue weighted by Crippen LogP contribution is -2.24. The molecule has 0 saturated heterocycles. The average Bonchev–Trinajstić information content (AvgIpc) is 2.32. The van der Waals surface area contributed by atoms with Crippen LogP contribution in [0.25, 0.3) is 0 Å². The van der Waals surface area contributed by atoms with Crippen molar-refractivity contribution in [3.63, 3.8) is 0 Å². The summed E-state index contributed by atoms with van der Waals surface area (Å²) in [6.45, 7) is 1.26. The summed E-state index contributed by atoms with van der Waals surface area (Å²) in [7, 11) is -5.45. The SMILES string of the molecule is CC#CC(CS(=O)(=O)O)OCCOP(=O)(OC)OC. The molecular weight excluding hydrogens is 299 g/mol. The van der Waals surface area contributed by atoms with Crippen molar-refractivity contribution >= 4 is 17.9 Å². The summed E-state index contributed by atoms with van der Waals surface area (Å²) in [4.78, 5) is 0. The van der Waals surface area contributed by atoms with Gasteiger partial charge in [-0.25, -0.2) is 4.57 Å². The third-order valence-corrected chi connectivity index (χ3v) is 3.88. The third-order valence-electron chi connectivity index (χ3n) is 1.77. The molecule has 0 fully saturated rings. The van der Waals surface area contributed by atoms with E-state index in [9.17, 15) is 13.0 Å². The van der Waals surface area contributed by atoms with Gasteiger partial charge in [-0.05, 0) is 6.92 Å². The number of phosphoric ester groups is 1. The van der Waals surface area contributed by atoms with Crippen molar-refractivity contribution in [3.05, 3.63) is 0 Å². The molecule has 0 aliphatic carbocycles. The molecule has 0 aromatic heterocycles.